The fourth-order valence-electron chi connectivity index (χ4n) is 0.754. The van der Waals surface area contributed by atoms with E-state index < -0.39 is 0 Å². The van der Waals surface area contributed by atoms with Crippen molar-refractivity contribution >= 4 is 21.8 Å². The van der Waals surface area contributed by atoms with Gasteiger partial charge in [0, 0.05) is 24.1 Å². The third-order valence-corrected chi connectivity index (χ3v) is 1.88. The van der Waals surface area contributed by atoms with Crippen LogP contribution in [-0.4, -0.2) is 20.8 Å². The molecule has 0 aromatic carbocycles. The summed E-state index contributed by atoms with van der Waals surface area (Å²) in [6, 6.07) is 0. The second-order valence-corrected chi connectivity index (χ2v) is 2.95. The van der Waals surface area contributed by atoms with Crippen molar-refractivity contribution in [1.29, 1.82) is 0 Å². The number of aromatic nitrogens is 2. The fourth-order valence-corrected chi connectivity index (χ4v) is 1.03. The highest BCUT2D eigenvalue weighted by molar-refractivity contribution is 9.09. The van der Waals surface area contributed by atoms with E-state index in [-0.39, 0.29) is 5.91 Å². The van der Waals surface area contributed by atoms with Crippen LogP contribution in [0, 0.1) is 0 Å². The summed E-state index contributed by atoms with van der Waals surface area (Å²) < 4.78 is 1.50. The van der Waals surface area contributed by atoms with Crippen molar-refractivity contribution in [1.82, 2.24) is 9.55 Å². The molecule has 3 nitrogen and oxygen atoms in total. The van der Waals surface area contributed by atoms with Gasteiger partial charge in [0.05, 0.1) is 0 Å². The Morgan fingerprint density at radius 1 is 1.64 bits per heavy atom. The first kappa shape index (κ1) is 8.46. The van der Waals surface area contributed by atoms with Gasteiger partial charge in [-0.25, -0.2) is 4.98 Å². The molecule has 0 radical (unpaired) electrons. The number of nitrogens with zero attached hydrogens (tertiary/aromatic N) is 2. The minimum Gasteiger partial charge on any atom is -0.276 e. The third kappa shape index (κ3) is 2.46. The van der Waals surface area contributed by atoms with Crippen molar-refractivity contribution < 1.29 is 4.79 Å². The average Bonchev–Trinajstić information content (AvgIpc) is 2.52. The smallest absolute Gasteiger partial charge is 0.231 e. The van der Waals surface area contributed by atoms with Gasteiger partial charge in [-0.15, -0.1) is 0 Å². The maximum absolute atomic E-state index is 11.2. The normalized spacial score (nSPS) is 9.91. The predicted molar refractivity (Wildman–Crippen MR) is 45.9 cm³/mol. The maximum Gasteiger partial charge on any atom is 0.231 e. The summed E-state index contributed by atoms with van der Waals surface area (Å²) >= 11 is 3.26. The van der Waals surface area contributed by atoms with E-state index in [1.807, 2.05) is 0 Å². The number of carbonyl (C=O) groups is 1. The minimum absolute atomic E-state index is 0.0990. The van der Waals surface area contributed by atoms with E-state index in [1.54, 1.807) is 12.4 Å². The molecule has 1 heterocycles. The summed E-state index contributed by atoms with van der Waals surface area (Å²) in [6.45, 7) is 0. The van der Waals surface area contributed by atoms with E-state index in [0.29, 0.717) is 6.42 Å². The first-order valence-corrected chi connectivity index (χ1v) is 4.54. The van der Waals surface area contributed by atoms with Crippen LogP contribution in [0.5, 0.6) is 0 Å². The maximum atomic E-state index is 11.2. The molecule has 1 aromatic rings. The highest BCUT2D eigenvalue weighted by Crippen LogP contribution is 1.97. The van der Waals surface area contributed by atoms with Gasteiger partial charge >= 0.3 is 0 Å². The van der Waals surface area contributed by atoms with Crippen LogP contribution in [0.2, 0.25) is 0 Å². The van der Waals surface area contributed by atoms with Crippen LogP contribution < -0.4 is 0 Å². The van der Waals surface area contributed by atoms with E-state index in [4.69, 9.17) is 0 Å². The van der Waals surface area contributed by atoms with Gasteiger partial charge in [-0.05, 0) is 6.42 Å². The molecule has 0 spiro atoms. The van der Waals surface area contributed by atoms with Gasteiger partial charge < -0.3 is 0 Å². The summed E-state index contributed by atoms with van der Waals surface area (Å²) in [4.78, 5) is 14.9. The van der Waals surface area contributed by atoms with Gasteiger partial charge in [-0.3, -0.25) is 9.36 Å². The summed E-state index contributed by atoms with van der Waals surface area (Å²) in [5, 5.41) is 0.868. The molecule has 0 saturated heterocycles. The second-order valence-electron chi connectivity index (χ2n) is 2.16. The van der Waals surface area contributed by atoms with E-state index >= 15 is 0 Å². The van der Waals surface area contributed by atoms with Crippen LogP contribution in [0.3, 0.4) is 0 Å². The van der Waals surface area contributed by atoms with Crippen LogP contribution >= 0.6 is 15.9 Å². The Balaban J connectivity index is 2.43. The number of halogens is 1. The average molecular weight is 217 g/mol. The molecule has 4 heteroatoms. The van der Waals surface area contributed by atoms with E-state index in [2.05, 4.69) is 20.9 Å². The summed E-state index contributed by atoms with van der Waals surface area (Å²) in [5.74, 6) is 0.0990. The van der Waals surface area contributed by atoms with Gasteiger partial charge in [-0.2, -0.15) is 0 Å². The summed E-state index contributed by atoms with van der Waals surface area (Å²) in [7, 11) is 0. The zero-order valence-corrected chi connectivity index (χ0v) is 7.62. The zero-order valence-electron chi connectivity index (χ0n) is 6.03. The fraction of sp³-hybridized carbons (Fsp3) is 0.429. The van der Waals surface area contributed by atoms with E-state index in [1.165, 1.54) is 10.9 Å². The Morgan fingerprint density at radius 3 is 3.00 bits per heavy atom. The number of hydrogen-bond donors (Lipinski definition) is 0. The molecule has 1 aromatic heterocycles. The van der Waals surface area contributed by atoms with E-state index in [0.717, 1.165) is 11.8 Å². The van der Waals surface area contributed by atoms with Crippen molar-refractivity contribution in [3.63, 3.8) is 0 Å². The Hall–Kier alpha value is -0.640. The lowest BCUT2D eigenvalue weighted by molar-refractivity contribution is 0.0902. The lowest BCUT2D eigenvalue weighted by atomic mass is 10.3. The van der Waals surface area contributed by atoms with Crippen molar-refractivity contribution in [3.8, 4) is 0 Å². The van der Waals surface area contributed by atoms with Gasteiger partial charge in [0.25, 0.3) is 0 Å². The number of imidazole rings is 1. The molecule has 0 fully saturated rings. The molecule has 11 heavy (non-hydrogen) atoms. The molecule has 1 rings (SSSR count). The Morgan fingerprint density at radius 2 is 2.45 bits per heavy atom. The highest BCUT2D eigenvalue weighted by atomic mass is 79.9. The highest BCUT2D eigenvalue weighted by Gasteiger charge is 2.01. The topological polar surface area (TPSA) is 34.9 Å². The van der Waals surface area contributed by atoms with Crippen LogP contribution in [0.1, 0.15) is 17.6 Å². The Kier molecular flexibility index (Phi) is 3.29. The van der Waals surface area contributed by atoms with Crippen LogP contribution in [-0.2, 0) is 0 Å². The summed E-state index contributed by atoms with van der Waals surface area (Å²) in [6.07, 6.45) is 6.23. The van der Waals surface area contributed by atoms with Crippen molar-refractivity contribution in [2.45, 2.75) is 12.8 Å². The van der Waals surface area contributed by atoms with Crippen LogP contribution in [0.25, 0.3) is 0 Å². The molecule has 0 amide bonds. The molecule has 0 bridgehead atoms. The Bertz CT molecular complexity index is 220. The number of carbonyl (C=O) groups excluding carboxylic acids is 1. The van der Waals surface area contributed by atoms with Crippen molar-refractivity contribution in [2.24, 2.45) is 0 Å². The largest absolute Gasteiger partial charge is 0.276 e. The van der Waals surface area contributed by atoms with Crippen LogP contribution in [0.4, 0.5) is 0 Å². The molecule has 0 aliphatic heterocycles. The molecule has 0 unspecified atom stereocenters. The summed E-state index contributed by atoms with van der Waals surface area (Å²) in [5.41, 5.74) is 0. The predicted octanol–water partition coefficient (Wildman–Crippen LogP) is 1.70. The molecular formula is C7H9BrN2O. The monoisotopic (exact) mass is 216 g/mol. The number of rotatable bonds is 3. The molecule has 60 valence electrons. The first-order chi connectivity index (χ1) is 5.34. The third-order valence-electron chi connectivity index (χ3n) is 1.32. The Labute approximate surface area is 73.6 Å². The number of alkyl halides is 1. The lowest BCUT2D eigenvalue weighted by Crippen LogP contribution is -2.07. The molecule has 0 atom stereocenters. The van der Waals surface area contributed by atoms with E-state index in [9.17, 15) is 4.79 Å². The molecule has 0 aliphatic rings. The minimum atomic E-state index is 0.0990. The van der Waals surface area contributed by atoms with Gasteiger partial charge in [0.2, 0.25) is 5.91 Å². The molecule has 0 saturated carbocycles. The standard InChI is InChI=1S/C7H9BrN2O/c8-3-1-2-7(11)10-5-4-9-6-10/h4-6H,1-3H2. The number of hydrogen-bond acceptors (Lipinski definition) is 2. The quantitative estimate of drug-likeness (QED) is 0.722. The van der Waals surface area contributed by atoms with Crippen molar-refractivity contribution in [2.75, 3.05) is 5.33 Å². The van der Waals surface area contributed by atoms with Gasteiger partial charge in [0.15, 0.2) is 0 Å². The van der Waals surface area contributed by atoms with Gasteiger partial charge in [-0.1, -0.05) is 15.9 Å². The second kappa shape index (κ2) is 4.28. The molecule has 0 N–H and O–H groups in total. The molecule has 0 aliphatic carbocycles. The van der Waals surface area contributed by atoms with Gasteiger partial charge in [0.1, 0.15) is 6.33 Å². The van der Waals surface area contributed by atoms with Crippen LogP contribution in [0.15, 0.2) is 18.7 Å². The van der Waals surface area contributed by atoms with Crippen molar-refractivity contribution in [3.05, 3.63) is 18.7 Å². The first-order valence-electron chi connectivity index (χ1n) is 3.41. The lowest BCUT2D eigenvalue weighted by Gasteiger charge is -1.97. The zero-order chi connectivity index (χ0) is 8.10. The SMILES string of the molecule is O=C(CCCBr)n1ccnc1. The molecular weight excluding hydrogens is 208 g/mol.